The molecule has 4 heteroatoms. The van der Waals surface area contributed by atoms with Crippen LogP contribution < -0.4 is 11.1 Å². The standard InChI is InChI=1S/C16H26N2O2/c1-4-6-8-12(7-5-2)18-13-9-10-15(17)14(11-13)16(19)20-3/h9-12,18H,4-8,17H2,1-3H3. The van der Waals surface area contributed by atoms with Crippen molar-refractivity contribution < 1.29 is 9.53 Å². The average Bonchev–Trinajstić information content (AvgIpc) is 2.46. The van der Waals surface area contributed by atoms with Crippen LogP contribution >= 0.6 is 0 Å². The van der Waals surface area contributed by atoms with Gasteiger partial charge in [0, 0.05) is 17.4 Å². The summed E-state index contributed by atoms with van der Waals surface area (Å²) >= 11 is 0. The van der Waals surface area contributed by atoms with Gasteiger partial charge in [-0.25, -0.2) is 4.79 Å². The smallest absolute Gasteiger partial charge is 0.340 e. The predicted octanol–water partition coefficient (Wildman–Crippen LogP) is 3.83. The molecule has 0 spiro atoms. The largest absolute Gasteiger partial charge is 0.465 e. The van der Waals surface area contributed by atoms with Crippen LogP contribution in [0.4, 0.5) is 11.4 Å². The molecule has 1 unspecified atom stereocenters. The highest BCUT2D eigenvalue weighted by molar-refractivity contribution is 5.96. The van der Waals surface area contributed by atoms with Crippen LogP contribution in [-0.2, 0) is 4.74 Å². The number of nitrogens with one attached hydrogen (secondary N) is 1. The quantitative estimate of drug-likeness (QED) is 0.560. The molecule has 0 aliphatic heterocycles. The van der Waals surface area contributed by atoms with Crippen LogP contribution in [0.1, 0.15) is 56.3 Å². The van der Waals surface area contributed by atoms with Crippen molar-refractivity contribution in [1.82, 2.24) is 0 Å². The number of hydrogen-bond donors (Lipinski definition) is 2. The highest BCUT2D eigenvalue weighted by atomic mass is 16.5. The van der Waals surface area contributed by atoms with Crippen LogP contribution in [0.3, 0.4) is 0 Å². The first kappa shape index (κ1) is 16.3. The molecule has 0 heterocycles. The molecule has 0 saturated heterocycles. The number of anilines is 2. The summed E-state index contributed by atoms with van der Waals surface area (Å²) in [5.74, 6) is -0.397. The van der Waals surface area contributed by atoms with Crippen molar-refractivity contribution in [1.29, 1.82) is 0 Å². The molecule has 0 aromatic heterocycles. The van der Waals surface area contributed by atoms with Crippen LogP contribution in [0, 0.1) is 0 Å². The lowest BCUT2D eigenvalue weighted by molar-refractivity contribution is 0.0602. The van der Waals surface area contributed by atoms with Crippen LogP contribution in [0.15, 0.2) is 18.2 Å². The number of unbranched alkanes of at least 4 members (excludes halogenated alkanes) is 1. The van der Waals surface area contributed by atoms with Gasteiger partial charge in [-0.05, 0) is 31.0 Å². The number of esters is 1. The fourth-order valence-electron chi connectivity index (χ4n) is 2.26. The fraction of sp³-hybridized carbons (Fsp3) is 0.562. The van der Waals surface area contributed by atoms with E-state index in [9.17, 15) is 4.79 Å². The summed E-state index contributed by atoms with van der Waals surface area (Å²) in [5.41, 5.74) is 7.60. The molecular weight excluding hydrogens is 252 g/mol. The van der Waals surface area contributed by atoms with Crippen molar-refractivity contribution in [3.05, 3.63) is 23.8 Å². The molecule has 0 bridgehead atoms. The van der Waals surface area contributed by atoms with Gasteiger partial charge < -0.3 is 15.8 Å². The zero-order valence-electron chi connectivity index (χ0n) is 12.7. The van der Waals surface area contributed by atoms with E-state index in [1.54, 1.807) is 12.1 Å². The zero-order valence-corrected chi connectivity index (χ0v) is 12.7. The molecule has 1 aromatic rings. The molecule has 1 rings (SSSR count). The van der Waals surface area contributed by atoms with E-state index in [2.05, 4.69) is 19.2 Å². The van der Waals surface area contributed by atoms with Gasteiger partial charge in [-0.2, -0.15) is 0 Å². The highest BCUT2D eigenvalue weighted by Gasteiger charge is 2.12. The van der Waals surface area contributed by atoms with Gasteiger partial charge in [-0.1, -0.05) is 33.1 Å². The van der Waals surface area contributed by atoms with Gasteiger partial charge >= 0.3 is 5.97 Å². The Kier molecular flexibility index (Phi) is 6.91. The van der Waals surface area contributed by atoms with Gasteiger partial charge in [0.2, 0.25) is 0 Å². The van der Waals surface area contributed by atoms with E-state index in [0.29, 0.717) is 17.3 Å². The van der Waals surface area contributed by atoms with Gasteiger partial charge in [0.25, 0.3) is 0 Å². The molecule has 1 atom stereocenters. The Bertz CT molecular complexity index is 432. The zero-order chi connectivity index (χ0) is 15.0. The number of rotatable bonds is 8. The molecule has 0 fully saturated rings. The Labute approximate surface area is 121 Å². The third-order valence-electron chi connectivity index (χ3n) is 3.37. The maximum atomic E-state index is 11.6. The minimum Gasteiger partial charge on any atom is -0.465 e. The summed E-state index contributed by atoms with van der Waals surface area (Å²) in [5, 5.41) is 3.50. The van der Waals surface area contributed by atoms with E-state index in [1.807, 2.05) is 6.07 Å². The van der Waals surface area contributed by atoms with E-state index in [1.165, 1.54) is 20.0 Å². The Balaban J connectivity index is 2.81. The first-order valence-corrected chi connectivity index (χ1v) is 7.36. The van der Waals surface area contributed by atoms with E-state index in [0.717, 1.165) is 24.9 Å². The molecule has 4 nitrogen and oxygen atoms in total. The van der Waals surface area contributed by atoms with Crippen molar-refractivity contribution in [2.75, 3.05) is 18.2 Å². The molecule has 0 amide bonds. The molecule has 3 N–H and O–H groups in total. The Morgan fingerprint density at radius 2 is 2.05 bits per heavy atom. The van der Waals surface area contributed by atoms with Gasteiger partial charge in [0.15, 0.2) is 0 Å². The monoisotopic (exact) mass is 278 g/mol. The minimum atomic E-state index is -0.397. The topological polar surface area (TPSA) is 64.3 Å². The summed E-state index contributed by atoms with van der Waals surface area (Å²) in [6.45, 7) is 4.38. The number of carbonyl (C=O) groups excluding carboxylic acids is 1. The molecular formula is C16H26N2O2. The van der Waals surface area contributed by atoms with Gasteiger partial charge in [-0.15, -0.1) is 0 Å². The number of nitrogens with two attached hydrogens (primary N) is 1. The number of hydrogen-bond acceptors (Lipinski definition) is 4. The Hall–Kier alpha value is -1.71. The van der Waals surface area contributed by atoms with Crippen LogP contribution in [-0.4, -0.2) is 19.1 Å². The first-order chi connectivity index (χ1) is 9.62. The SMILES string of the molecule is CCCCC(CCC)Nc1ccc(N)c(C(=O)OC)c1. The van der Waals surface area contributed by atoms with Crippen LogP contribution in [0.2, 0.25) is 0 Å². The van der Waals surface area contributed by atoms with Gasteiger partial charge in [0.05, 0.1) is 12.7 Å². The van der Waals surface area contributed by atoms with Crippen molar-refractivity contribution in [2.45, 2.75) is 52.0 Å². The number of ether oxygens (including phenoxy) is 1. The summed E-state index contributed by atoms with van der Waals surface area (Å²) < 4.78 is 4.74. The maximum Gasteiger partial charge on any atom is 0.340 e. The molecule has 20 heavy (non-hydrogen) atoms. The first-order valence-electron chi connectivity index (χ1n) is 7.36. The average molecular weight is 278 g/mol. The summed E-state index contributed by atoms with van der Waals surface area (Å²) in [6, 6.07) is 5.87. The number of methoxy groups -OCH3 is 1. The summed E-state index contributed by atoms with van der Waals surface area (Å²) in [7, 11) is 1.36. The molecule has 112 valence electrons. The second-order valence-electron chi connectivity index (χ2n) is 5.07. The predicted molar refractivity (Wildman–Crippen MR) is 84.0 cm³/mol. The van der Waals surface area contributed by atoms with Gasteiger partial charge in [-0.3, -0.25) is 0 Å². The van der Waals surface area contributed by atoms with Crippen molar-refractivity contribution in [2.24, 2.45) is 0 Å². The minimum absolute atomic E-state index is 0.397. The number of carbonyl (C=O) groups is 1. The van der Waals surface area contributed by atoms with Crippen molar-refractivity contribution >= 4 is 17.3 Å². The fourth-order valence-corrected chi connectivity index (χ4v) is 2.26. The summed E-state index contributed by atoms with van der Waals surface area (Å²) in [4.78, 5) is 11.6. The third kappa shape index (κ3) is 4.76. The lowest BCUT2D eigenvalue weighted by Crippen LogP contribution is -2.19. The van der Waals surface area contributed by atoms with Gasteiger partial charge in [0.1, 0.15) is 0 Å². The second-order valence-corrected chi connectivity index (χ2v) is 5.07. The Morgan fingerprint density at radius 3 is 2.65 bits per heavy atom. The van der Waals surface area contributed by atoms with Crippen molar-refractivity contribution in [3.63, 3.8) is 0 Å². The second kappa shape index (κ2) is 8.46. The van der Waals surface area contributed by atoms with E-state index >= 15 is 0 Å². The normalized spacial score (nSPS) is 11.9. The molecule has 0 radical (unpaired) electrons. The van der Waals surface area contributed by atoms with E-state index < -0.39 is 5.97 Å². The number of nitrogen functional groups attached to an aromatic ring is 1. The highest BCUT2D eigenvalue weighted by Crippen LogP contribution is 2.21. The van der Waals surface area contributed by atoms with Crippen LogP contribution in [0.25, 0.3) is 0 Å². The lowest BCUT2D eigenvalue weighted by Gasteiger charge is -2.20. The number of benzene rings is 1. The van der Waals surface area contributed by atoms with E-state index in [4.69, 9.17) is 10.5 Å². The maximum absolute atomic E-state index is 11.6. The molecule has 0 aliphatic carbocycles. The molecule has 0 aliphatic rings. The Morgan fingerprint density at radius 1 is 1.30 bits per heavy atom. The molecule has 0 saturated carbocycles. The summed E-state index contributed by atoms with van der Waals surface area (Å²) in [6.07, 6.45) is 5.80. The lowest BCUT2D eigenvalue weighted by atomic mass is 10.0. The van der Waals surface area contributed by atoms with Crippen molar-refractivity contribution in [3.8, 4) is 0 Å². The van der Waals surface area contributed by atoms with E-state index in [-0.39, 0.29) is 0 Å². The third-order valence-corrected chi connectivity index (χ3v) is 3.37. The van der Waals surface area contributed by atoms with Crippen LogP contribution in [0.5, 0.6) is 0 Å². The molecule has 1 aromatic carbocycles.